The van der Waals surface area contributed by atoms with Crippen LogP contribution in [0, 0.1) is 5.92 Å². The Labute approximate surface area is 196 Å². The second kappa shape index (κ2) is 8.81. The fourth-order valence-electron chi connectivity index (χ4n) is 4.57. The van der Waals surface area contributed by atoms with Gasteiger partial charge in [0.1, 0.15) is 11.4 Å². The third-order valence-corrected chi connectivity index (χ3v) is 7.70. The average Bonchev–Trinajstić information content (AvgIpc) is 3.54. The standard InChI is InChI=1S/C23H28N6O3S/c1-15-9-11-23(12-10-15)20(31)29(21(32)24-23)27-18(30)14-33-22-26-25-19(17-7-8-17)28(22)13-16-5-3-2-4-6-16/h2-6,15,17H,7-14H2,1H3,(H,24,32)(H,27,30). The molecule has 1 aromatic heterocycles. The molecule has 0 unspecified atom stereocenters. The van der Waals surface area contributed by atoms with Crippen molar-refractivity contribution < 1.29 is 14.4 Å². The Kier molecular flexibility index (Phi) is 5.86. The van der Waals surface area contributed by atoms with E-state index in [1.807, 2.05) is 18.2 Å². The van der Waals surface area contributed by atoms with Crippen molar-refractivity contribution in [1.82, 2.24) is 30.5 Å². The third-order valence-electron chi connectivity index (χ3n) is 6.73. The van der Waals surface area contributed by atoms with Crippen molar-refractivity contribution in [2.24, 2.45) is 5.92 Å². The maximum Gasteiger partial charge on any atom is 0.344 e. The number of amides is 4. The van der Waals surface area contributed by atoms with Gasteiger partial charge in [0, 0.05) is 5.92 Å². The number of hydrazine groups is 1. The third kappa shape index (κ3) is 4.48. The molecule has 5 rings (SSSR count). The minimum atomic E-state index is -0.876. The van der Waals surface area contributed by atoms with E-state index >= 15 is 0 Å². The van der Waals surface area contributed by atoms with E-state index in [9.17, 15) is 14.4 Å². The van der Waals surface area contributed by atoms with Crippen LogP contribution in [0.2, 0.25) is 0 Å². The SMILES string of the molecule is CC1CCC2(CC1)NC(=O)N(NC(=O)CSc1nnc(C3CC3)n1Cc1ccccc1)C2=O. The number of urea groups is 1. The number of imide groups is 1. The van der Waals surface area contributed by atoms with Crippen LogP contribution >= 0.6 is 11.8 Å². The average molecular weight is 469 g/mol. The molecule has 2 saturated carbocycles. The quantitative estimate of drug-likeness (QED) is 0.478. The van der Waals surface area contributed by atoms with Crippen LogP contribution in [0.25, 0.3) is 0 Å². The molecule has 0 atom stereocenters. The van der Waals surface area contributed by atoms with Gasteiger partial charge in [0.2, 0.25) is 5.91 Å². The monoisotopic (exact) mass is 468 g/mol. The fraction of sp³-hybridized carbons (Fsp3) is 0.522. The summed E-state index contributed by atoms with van der Waals surface area (Å²) in [5.74, 6) is 1.15. The zero-order chi connectivity index (χ0) is 23.0. The molecule has 3 fully saturated rings. The van der Waals surface area contributed by atoms with Crippen LogP contribution < -0.4 is 10.7 Å². The van der Waals surface area contributed by atoms with Gasteiger partial charge in [-0.3, -0.25) is 15.0 Å². The zero-order valence-corrected chi connectivity index (χ0v) is 19.4. The molecule has 1 aliphatic heterocycles. The topological polar surface area (TPSA) is 109 Å². The lowest BCUT2D eigenvalue weighted by molar-refractivity contribution is -0.139. The Morgan fingerprint density at radius 1 is 1.15 bits per heavy atom. The molecule has 33 heavy (non-hydrogen) atoms. The highest BCUT2D eigenvalue weighted by molar-refractivity contribution is 7.99. The summed E-state index contributed by atoms with van der Waals surface area (Å²) in [6.07, 6.45) is 5.17. The number of rotatable bonds is 7. The van der Waals surface area contributed by atoms with E-state index in [2.05, 4.69) is 44.6 Å². The molecule has 2 heterocycles. The Morgan fingerprint density at radius 2 is 1.88 bits per heavy atom. The van der Waals surface area contributed by atoms with E-state index < -0.39 is 17.5 Å². The number of carbonyl (C=O) groups excluding carboxylic acids is 3. The predicted octanol–water partition coefficient (Wildman–Crippen LogP) is 2.83. The molecule has 3 aliphatic rings. The molecule has 10 heteroatoms. The van der Waals surface area contributed by atoms with Crippen molar-refractivity contribution in [3.05, 3.63) is 41.7 Å². The number of nitrogens with zero attached hydrogens (tertiary/aromatic N) is 4. The number of thioether (sulfide) groups is 1. The predicted molar refractivity (Wildman–Crippen MR) is 122 cm³/mol. The Balaban J connectivity index is 1.23. The molecule has 1 spiro atoms. The maximum absolute atomic E-state index is 12.9. The van der Waals surface area contributed by atoms with Crippen LogP contribution in [-0.2, 0) is 16.1 Å². The number of aromatic nitrogens is 3. The van der Waals surface area contributed by atoms with Gasteiger partial charge in [-0.15, -0.1) is 10.2 Å². The highest BCUT2D eigenvalue weighted by atomic mass is 32.2. The van der Waals surface area contributed by atoms with Crippen molar-refractivity contribution in [3.8, 4) is 0 Å². The highest BCUT2D eigenvalue weighted by Gasteiger charge is 2.52. The van der Waals surface area contributed by atoms with E-state index in [-0.39, 0.29) is 11.7 Å². The van der Waals surface area contributed by atoms with Crippen molar-refractivity contribution in [3.63, 3.8) is 0 Å². The molecule has 9 nitrogen and oxygen atoms in total. The maximum atomic E-state index is 12.9. The first-order valence-corrected chi connectivity index (χ1v) is 12.5. The summed E-state index contributed by atoms with van der Waals surface area (Å²) in [7, 11) is 0. The van der Waals surface area contributed by atoms with Gasteiger partial charge in [0.05, 0.1) is 12.3 Å². The molecule has 0 radical (unpaired) electrons. The molecule has 1 aromatic carbocycles. The van der Waals surface area contributed by atoms with Gasteiger partial charge in [-0.05, 0) is 50.0 Å². The van der Waals surface area contributed by atoms with E-state index in [1.165, 1.54) is 11.8 Å². The van der Waals surface area contributed by atoms with E-state index in [0.29, 0.717) is 36.4 Å². The molecule has 2 aliphatic carbocycles. The van der Waals surface area contributed by atoms with Crippen LogP contribution in [0.4, 0.5) is 4.79 Å². The molecular weight excluding hydrogens is 440 g/mol. The summed E-state index contributed by atoms with van der Waals surface area (Å²) < 4.78 is 2.07. The van der Waals surface area contributed by atoms with Gasteiger partial charge in [0.25, 0.3) is 5.91 Å². The van der Waals surface area contributed by atoms with Gasteiger partial charge in [-0.1, -0.05) is 49.0 Å². The smallest absolute Gasteiger partial charge is 0.322 e. The zero-order valence-electron chi connectivity index (χ0n) is 18.6. The molecule has 174 valence electrons. The molecule has 0 bridgehead atoms. The summed E-state index contributed by atoms with van der Waals surface area (Å²) in [4.78, 5) is 38.0. The molecule has 1 saturated heterocycles. The summed E-state index contributed by atoms with van der Waals surface area (Å²) in [6, 6.07) is 9.51. The van der Waals surface area contributed by atoms with Gasteiger partial charge >= 0.3 is 6.03 Å². The van der Waals surface area contributed by atoms with Crippen molar-refractivity contribution >= 4 is 29.6 Å². The van der Waals surface area contributed by atoms with Crippen molar-refractivity contribution in [2.45, 2.75) is 68.6 Å². The first-order chi connectivity index (χ1) is 15.9. The van der Waals surface area contributed by atoms with Crippen LogP contribution in [0.1, 0.15) is 62.8 Å². The normalized spacial score (nSPS) is 24.9. The molecule has 2 N–H and O–H groups in total. The van der Waals surface area contributed by atoms with Crippen LogP contribution in [-0.4, -0.2) is 48.9 Å². The van der Waals surface area contributed by atoms with Crippen molar-refractivity contribution in [1.29, 1.82) is 0 Å². The van der Waals surface area contributed by atoms with E-state index in [4.69, 9.17) is 0 Å². The van der Waals surface area contributed by atoms with Crippen molar-refractivity contribution in [2.75, 3.05) is 5.75 Å². The number of benzene rings is 1. The molecular formula is C23H28N6O3S. The lowest BCUT2D eigenvalue weighted by Crippen LogP contribution is -2.51. The van der Waals surface area contributed by atoms with Gasteiger partial charge in [-0.25, -0.2) is 4.79 Å². The molecule has 2 aromatic rings. The van der Waals surface area contributed by atoms with Gasteiger partial charge in [-0.2, -0.15) is 5.01 Å². The highest BCUT2D eigenvalue weighted by Crippen LogP contribution is 2.40. The minimum absolute atomic E-state index is 0.0265. The van der Waals surface area contributed by atoms with E-state index in [1.54, 1.807) is 0 Å². The number of hydrogen-bond donors (Lipinski definition) is 2. The first kappa shape index (κ1) is 21.9. The second-order valence-corrected chi connectivity index (χ2v) is 10.3. The lowest BCUT2D eigenvalue weighted by atomic mass is 9.77. The van der Waals surface area contributed by atoms with Gasteiger partial charge in [0.15, 0.2) is 5.16 Å². The Hall–Kier alpha value is -2.88. The fourth-order valence-corrected chi connectivity index (χ4v) is 5.30. The number of carbonyl (C=O) groups is 3. The number of hydrogen-bond acceptors (Lipinski definition) is 6. The summed E-state index contributed by atoms with van der Waals surface area (Å²) >= 11 is 1.26. The first-order valence-electron chi connectivity index (χ1n) is 11.5. The van der Waals surface area contributed by atoms with E-state index in [0.717, 1.165) is 42.1 Å². The largest absolute Gasteiger partial charge is 0.344 e. The lowest BCUT2D eigenvalue weighted by Gasteiger charge is -2.33. The van der Waals surface area contributed by atoms with Crippen LogP contribution in [0.5, 0.6) is 0 Å². The second-order valence-electron chi connectivity index (χ2n) is 9.35. The van der Waals surface area contributed by atoms with Crippen LogP contribution in [0.3, 0.4) is 0 Å². The Bertz CT molecular complexity index is 1060. The Morgan fingerprint density at radius 3 is 2.58 bits per heavy atom. The summed E-state index contributed by atoms with van der Waals surface area (Å²) in [6.45, 7) is 2.79. The van der Waals surface area contributed by atoms with Crippen LogP contribution in [0.15, 0.2) is 35.5 Å². The molecule has 4 amide bonds. The number of nitrogens with one attached hydrogen (secondary N) is 2. The summed E-state index contributed by atoms with van der Waals surface area (Å²) in [5.41, 5.74) is 2.76. The summed E-state index contributed by atoms with van der Waals surface area (Å²) in [5, 5.41) is 13.0. The van der Waals surface area contributed by atoms with Gasteiger partial charge < -0.3 is 9.88 Å². The minimum Gasteiger partial charge on any atom is -0.322 e.